The van der Waals surface area contributed by atoms with Gasteiger partial charge in [0.2, 0.25) is 0 Å². The summed E-state index contributed by atoms with van der Waals surface area (Å²) < 4.78 is 42.3. The molecule has 0 spiro atoms. The van der Waals surface area contributed by atoms with Crippen molar-refractivity contribution in [1.82, 2.24) is 0 Å². The Hall–Kier alpha value is -1.96. The minimum Gasteiger partial charge on any atom is -0.479 e. The van der Waals surface area contributed by atoms with E-state index in [2.05, 4.69) is 54.5 Å². The van der Waals surface area contributed by atoms with Crippen LogP contribution in [0.4, 0.5) is 0 Å². The van der Waals surface area contributed by atoms with E-state index in [-0.39, 0.29) is 40.6 Å². The first-order valence-electron chi connectivity index (χ1n) is 25.2. The van der Waals surface area contributed by atoms with Crippen LogP contribution in [0, 0.1) is 50.2 Å². The molecule has 5 aliphatic carbocycles. The Kier molecular flexibility index (Phi) is 14.7. The Balaban J connectivity index is 1.07. The number of aliphatic hydroxyl groups excluding tert-OH is 10. The smallest absolute Gasteiger partial charge is 0.335 e. The van der Waals surface area contributed by atoms with Crippen LogP contribution in [0.2, 0.25) is 0 Å². The molecule has 0 aromatic carbocycles. The van der Waals surface area contributed by atoms with Gasteiger partial charge in [-0.2, -0.15) is 0 Å². The molecule has 0 radical (unpaired) electrons. The van der Waals surface area contributed by atoms with Gasteiger partial charge in [-0.15, -0.1) is 0 Å². The zero-order chi connectivity index (χ0) is 51.6. The number of carbonyl (C=O) groups excluding carboxylic acids is 1. The van der Waals surface area contributed by atoms with Crippen molar-refractivity contribution in [2.24, 2.45) is 50.2 Å². The average molecular weight is 1000 g/mol. The summed E-state index contributed by atoms with van der Waals surface area (Å²) in [6, 6.07) is 0. The minimum atomic E-state index is -1.99. The van der Waals surface area contributed by atoms with Crippen molar-refractivity contribution in [2.45, 2.75) is 224 Å². The maximum atomic E-state index is 13.2. The van der Waals surface area contributed by atoms with Gasteiger partial charge in [-0.25, -0.2) is 4.79 Å². The van der Waals surface area contributed by atoms with E-state index in [9.17, 15) is 65.8 Å². The van der Waals surface area contributed by atoms with Gasteiger partial charge in [0.05, 0.1) is 36.9 Å². The molecule has 8 aliphatic rings. The van der Waals surface area contributed by atoms with Crippen LogP contribution in [-0.4, -0.2) is 192 Å². The van der Waals surface area contributed by atoms with Crippen molar-refractivity contribution in [3.05, 3.63) is 11.6 Å². The van der Waals surface area contributed by atoms with Crippen LogP contribution in [0.25, 0.3) is 0 Å². The molecule has 7 fully saturated rings. The van der Waals surface area contributed by atoms with Crippen molar-refractivity contribution in [3.63, 3.8) is 0 Å². The zero-order valence-corrected chi connectivity index (χ0v) is 41.9. The first-order valence-corrected chi connectivity index (χ1v) is 25.2. The number of aliphatic carboxylic acids is 1. The van der Waals surface area contributed by atoms with Crippen molar-refractivity contribution in [3.8, 4) is 0 Å². The van der Waals surface area contributed by atoms with E-state index in [0.29, 0.717) is 38.5 Å². The SMILES string of the molecule is CC(=O)O[C@H]1C[C@]2(C)C(=CC[C@@H]3[C@@]4(C)CC[C@H](O[C@@H]5O[C@H](C(=O)O)[C@@H](O)[C@H](O[C@@H]6O[C@H](CO)[C@@H](O)[C@H](O)[C@H]6O)[C@H]5O)C(C)(C)[C@@H]4CC[C@]32C)[C@@H]2CC(C)(C)C[C@H](O)[C@]12CO[C@H]1O[C@@H](C)[C@H](O)[C@@H](O)[C@H]1O. The van der Waals surface area contributed by atoms with Crippen molar-refractivity contribution in [2.75, 3.05) is 13.2 Å². The molecule has 0 unspecified atom stereocenters. The first-order chi connectivity index (χ1) is 32.5. The highest BCUT2D eigenvalue weighted by Crippen LogP contribution is 2.76. The van der Waals surface area contributed by atoms with Gasteiger partial charge in [-0.05, 0) is 103 Å². The second-order valence-corrected chi connectivity index (χ2v) is 24.4. The average Bonchev–Trinajstić information content (AvgIpc) is 3.26. The number of esters is 1. The summed E-state index contributed by atoms with van der Waals surface area (Å²) in [6.45, 7) is 17.4. The van der Waals surface area contributed by atoms with Crippen molar-refractivity contribution >= 4 is 11.9 Å². The number of rotatable bonds is 10. The third-order valence-electron chi connectivity index (χ3n) is 19.6. The Labute approximate surface area is 409 Å². The van der Waals surface area contributed by atoms with E-state index in [1.807, 2.05) is 0 Å². The highest BCUT2D eigenvalue weighted by Gasteiger charge is 2.72. The van der Waals surface area contributed by atoms with Crippen LogP contribution in [0.1, 0.15) is 114 Å². The number of carbonyl (C=O) groups is 2. The number of hydrogen-bond donors (Lipinski definition) is 11. The monoisotopic (exact) mass is 1000 g/mol. The molecule has 8 rings (SSSR count). The number of carboxylic acids is 1. The maximum Gasteiger partial charge on any atom is 0.335 e. The lowest BCUT2D eigenvalue weighted by molar-refractivity contribution is -0.365. The summed E-state index contributed by atoms with van der Waals surface area (Å²) in [5, 5.41) is 119. The molecular weight excluding hydrogens is 921 g/mol. The highest BCUT2D eigenvalue weighted by atomic mass is 16.7. The van der Waals surface area contributed by atoms with Gasteiger partial charge < -0.3 is 89.3 Å². The fourth-order valence-electron chi connectivity index (χ4n) is 15.6. The van der Waals surface area contributed by atoms with Crippen LogP contribution in [0.5, 0.6) is 0 Å². The predicted octanol–water partition coefficient (Wildman–Crippen LogP) is 0.246. The summed E-state index contributed by atoms with van der Waals surface area (Å²) in [4.78, 5) is 25.7. The van der Waals surface area contributed by atoms with E-state index < -0.39 is 145 Å². The summed E-state index contributed by atoms with van der Waals surface area (Å²) in [7, 11) is 0. The molecule has 0 aromatic rings. The Bertz CT molecular complexity index is 1960. The quantitative estimate of drug-likeness (QED) is 0.0794. The summed E-state index contributed by atoms with van der Waals surface area (Å²) in [5.41, 5.74) is -2.09. The molecule has 3 aliphatic heterocycles. The van der Waals surface area contributed by atoms with Crippen LogP contribution < -0.4 is 0 Å². The van der Waals surface area contributed by atoms with E-state index in [0.717, 1.165) is 12.8 Å². The van der Waals surface area contributed by atoms with Gasteiger partial charge in [0.15, 0.2) is 25.0 Å². The Morgan fingerprint density at radius 1 is 0.700 bits per heavy atom. The molecule has 4 saturated carbocycles. The zero-order valence-electron chi connectivity index (χ0n) is 41.9. The van der Waals surface area contributed by atoms with E-state index in [1.54, 1.807) is 6.92 Å². The standard InChI is InChI=1S/C50H80O20/c1-21-31(54)33(56)35(58)42(65-21)64-20-50-24(16-45(3,4)17-28(50)53)23-10-11-27-47(7)14-13-29(46(5,6)26(47)12-15-48(27,8)49(23,9)18-30(50)66-22(2)52)68-44-38(61)39(37(60)40(70-44)41(62)63)69-43-36(59)34(57)32(55)25(19-51)67-43/h10,21,24-40,42-44,51,53-61H,11-20H2,1-9H3,(H,62,63)/t21-,24-,25+,26-,27+,28-,29-,30-,31-,32+,33+,34-,35+,36+,37-,38+,39-,40-,42-,43-,44+,47-,48+,49+,50+/m0/s1. The molecule has 3 heterocycles. The van der Waals surface area contributed by atoms with Gasteiger partial charge in [0.1, 0.15) is 67.1 Å². The van der Waals surface area contributed by atoms with Crippen LogP contribution >= 0.6 is 0 Å². The molecule has 20 heteroatoms. The van der Waals surface area contributed by atoms with E-state index >= 15 is 0 Å². The molecule has 400 valence electrons. The number of ether oxygens (including phenoxy) is 7. The molecule has 0 amide bonds. The molecule has 70 heavy (non-hydrogen) atoms. The second kappa shape index (κ2) is 19.0. The maximum absolute atomic E-state index is 13.2. The fourth-order valence-corrected chi connectivity index (χ4v) is 15.6. The lowest BCUT2D eigenvalue weighted by Gasteiger charge is -2.72. The summed E-state index contributed by atoms with van der Waals surface area (Å²) in [5.74, 6) is -2.26. The topological polar surface area (TPSA) is 321 Å². The number of carboxylic acid groups (broad SMARTS) is 1. The Morgan fingerprint density at radius 2 is 1.34 bits per heavy atom. The second-order valence-electron chi connectivity index (χ2n) is 24.4. The third kappa shape index (κ3) is 8.52. The fraction of sp³-hybridized carbons (Fsp3) is 0.920. The van der Waals surface area contributed by atoms with Crippen molar-refractivity contribution in [1.29, 1.82) is 0 Å². The largest absolute Gasteiger partial charge is 0.479 e. The van der Waals surface area contributed by atoms with Gasteiger partial charge >= 0.3 is 11.9 Å². The molecule has 0 bridgehead atoms. The van der Waals surface area contributed by atoms with Gasteiger partial charge in [0.25, 0.3) is 0 Å². The van der Waals surface area contributed by atoms with E-state index in [1.165, 1.54) is 12.5 Å². The van der Waals surface area contributed by atoms with Crippen molar-refractivity contribution < 1.29 is 98.9 Å². The van der Waals surface area contributed by atoms with Gasteiger partial charge in [0, 0.05) is 6.92 Å². The minimum absolute atomic E-state index is 0.0343. The first kappa shape index (κ1) is 54.3. The summed E-state index contributed by atoms with van der Waals surface area (Å²) in [6.07, 6.45) is -19.6. The number of allylic oxidation sites excluding steroid dienone is 2. The van der Waals surface area contributed by atoms with E-state index in [4.69, 9.17) is 33.2 Å². The molecule has 3 saturated heterocycles. The number of aliphatic hydroxyl groups is 10. The highest BCUT2D eigenvalue weighted by molar-refractivity contribution is 5.73. The lowest BCUT2D eigenvalue weighted by atomic mass is 9.33. The van der Waals surface area contributed by atoms with Gasteiger partial charge in [-0.1, -0.05) is 60.1 Å². The molecular formula is C50H80O20. The lowest BCUT2D eigenvalue weighted by Crippen LogP contribution is -2.70. The molecule has 11 N–H and O–H groups in total. The van der Waals surface area contributed by atoms with Gasteiger partial charge in [-0.3, -0.25) is 4.79 Å². The molecule has 20 nitrogen and oxygen atoms in total. The van der Waals surface area contributed by atoms with Crippen LogP contribution in [0.3, 0.4) is 0 Å². The number of hydrogen-bond acceptors (Lipinski definition) is 19. The van der Waals surface area contributed by atoms with Crippen LogP contribution in [-0.2, 0) is 42.7 Å². The number of fused-ring (bicyclic) bond motifs is 7. The Morgan fingerprint density at radius 3 is 1.99 bits per heavy atom. The third-order valence-corrected chi connectivity index (χ3v) is 19.6. The predicted molar refractivity (Wildman–Crippen MR) is 241 cm³/mol. The molecule has 25 atom stereocenters. The van der Waals surface area contributed by atoms with Crippen LogP contribution in [0.15, 0.2) is 11.6 Å². The molecule has 0 aromatic heterocycles. The normalized spacial score (nSPS) is 53.0. The summed E-state index contributed by atoms with van der Waals surface area (Å²) >= 11 is 0.